The van der Waals surface area contributed by atoms with Crippen LogP contribution in [-0.4, -0.2) is 69.4 Å². The van der Waals surface area contributed by atoms with Gasteiger partial charge in [0.1, 0.15) is 19.3 Å². The molecule has 0 aromatic heterocycles. The van der Waals surface area contributed by atoms with E-state index < -0.39 is 26.6 Å². The van der Waals surface area contributed by atoms with E-state index in [0.717, 1.165) is 64.2 Å². The summed E-state index contributed by atoms with van der Waals surface area (Å²) in [5.74, 6) is -0.560. The van der Waals surface area contributed by atoms with E-state index in [1.165, 1.54) is 180 Å². The summed E-state index contributed by atoms with van der Waals surface area (Å²) in [6, 6.07) is -0.897. The zero-order chi connectivity index (χ0) is 51.5. The Balaban J connectivity index is 5.37. The minimum Gasteiger partial charge on any atom is -0.756 e. The van der Waals surface area contributed by atoms with Gasteiger partial charge in [0.2, 0.25) is 5.91 Å². The van der Waals surface area contributed by atoms with E-state index in [2.05, 4.69) is 50.4 Å². The van der Waals surface area contributed by atoms with Crippen molar-refractivity contribution in [2.45, 2.75) is 296 Å². The summed E-state index contributed by atoms with van der Waals surface area (Å²) in [4.78, 5) is 39.9. The summed E-state index contributed by atoms with van der Waals surface area (Å²) in [5, 5.41) is 3.01. The van der Waals surface area contributed by atoms with Crippen molar-refractivity contribution in [1.29, 1.82) is 0 Å². The molecule has 10 heteroatoms. The van der Waals surface area contributed by atoms with Crippen molar-refractivity contribution in [3.8, 4) is 0 Å². The average Bonchev–Trinajstić information content (AvgIpc) is 3.32. The summed E-state index contributed by atoms with van der Waals surface area (Å²) in [5.41, 5.74) is 0. The molecule has 0 saturated heterocycles. The highest BCUT2D eigenvalue weighted by atomic mass is 31.2. The van der Waals surface area contributed by atoms with Crippen LogP contribution in [0.1, 0.15) is 284 Å². The lowest BCUT2D eigenvalue weighted by Gasteiger charge is -2.30. The van der Waals surface area contributed by atoms with Crippen LogP contribution in [0, 0.1) is 0 Å². The second-order valence-electron chi connectivity index (χ2n) is 21.5. The number of esters is 1. The lowest BCUT2D eigenvalue weighted by atomic mass is 10.0. The number of phosphoric acid groups is 1. The van der Waals surface area contributed by atoms with Crippen LogP contribution in [0.2, 0.25) is 0 Å². The Hall–Kier alpha value is -1.77. The molecule has 0 fully saturated rings. The average molecular weight is 1010 g/mol. The summed E-state index contributed by atoms with van der Waals surface area (Å²) in [6.45, 7) is 6.84. The number of likely N-dealkylation sites (N-methyl/N-ethyl adjacent to an activating group) is 1. The number of hydrogen-bond donors (Lipinski definition) is 1. The van der Waals surface area contributed by atoms with Gasteiger partial charge < -0.3 is 28.5 Å². The molecule has 0 aliphatic rings. The molecule has 0 aromatic carbocycles. The molecule has 0 aromatic rings. The number of rotatable bonds is 54. The molecule has 0 spiro atoms. The third-order valence-corrected chi connectivity index (χ3v) is 14.3. The van der Waals surface area contributed by atoms with Crippen molar-refractivity contribution in [3.63, 3.8) is 0 Å². The smallest absolute Gasteiger partial charge is 0.306 e. The van der Waals surface area contributed by atoms with Crippen LogP contribution in [0.3, 0.4) is 0 Å². The van der Waals surface area contributed by atoms with Crippen molar-refractivity contribution < 1.29 is 37.3 Å². The number of carbonyl (C=O) groups excluding carboxylic acids is 2. The molecule has 1 N–H and O–H groups in total. The second kappa shape index (κ2) is 50.7. The van der Waals surface area contributed by atoms with Gasteiger partial charge in [-0.1, -0.05) is 250 Å². The van der Waals surface area contributed by atoms with Crippen molar-refractivity contribution in [2.24, 2.45) is 0 Å². The maximum atomic E-state index is 13.5. The first-order valence-electron chi connectivity index (χ1n) is 29.8. The van der Waals surface area contributed by atoms with Gasteiger partial charge in [0.25, 0.3) is 7.82 Å². The fourth-order valence-electron chi connectivity index (χ4n) is 8.69. The van der Waals surface area contributed by atoms with Gasteiger partial charge in [0, 0.05) is 12.8 Å². The van der Waals surface area contributed by atoms with Crippen LogP contribution in [-0.2, 0) is 27.9 Å². The zero-order valence-corrected chi connectivity index (χ0v) is 47.9. The zero-order valence-electron chi connectivity index (χ0n) is 47.0. The maximum Gasteiger partial charge on any atom is 0.306 e. The van der Waals surface area contributed by atoms with E-state index in [1.807, 2.05) is 33.3 Å². The SMILES string of the molecule is CCCCCCCCC/C=C/C=C/CCCCCC(=O)NC(COP(=O)([O-])OCC[N+](C)(C)C)C(/C=C/CCCCCCCCCCCCC)OC(=O)CCCCCCCCCCCCCCCCC. The van der Waals surface area contributed by atoms with E-state index in [-0.39, 0.29) is 31.3 Å². The van der Waals surface area contributed by atoms with E-state index in [4.69, 9.17) is 13.8 Å². The van der Waals surface area contributed by atoms with Gasteiger partial charge >= 0.3 is 5.97 Å². The highest BCUT2D eigenvalue weighted by molar-refractivity contribution is 7.45. The molecule has 1 amide bonds. The molecule has 412 valence electrons. The highest BCUT2D eigenvalue weighted by Crippen LogP contribution is 2.38. The number of amides is 1. The number of nitrogens with zero attached hydrogens (tertiary/aromatic N) is 1. The van der Waals surface area contributed by atoms with Gasteiger partial charge in [0.05, 0.1) is 33.8 Å². The Morgan fingerprint density at radius 2 is 0.857 bits per heavy atom. The van der Waals surface area contributed by atoms with Gasteiger partial charge in [-0.25, -0.2) is 0 Å². The normalized spacial score (nSPS) is 14.0. The Labute approximate surface area is 434 Å². The van der Waals surface area contributed by atoms with E-state index >= 15 is 0 Å². The van der Waals surface area contributed by atoms with Crippen molar-refractivity contribution >= 4 is 19.7 Å². The lowest BCUT2D eigenvalue weighted by Crippen LogP contribution is -2.47. The molecule has 3 atom stereocenters. The van der Waals surface area contributed by atoms with Crippen LogP contribution in [0.25, 0.3) is 0 Å². The number of nitrogens with one attached hydrogen (secondary N) is 1. The minimum absolute atomic E-state index is 0.0252. The summed E-state index contributed by atoms with van der Waals surface area (Å²) in [6.07, 6.45) is 59.6. The fourth-order valence-corrected chi connectivity index (χ4v) is 9.41. The van der Waals surface area contributed by atoms with Crippen LogP contribution in [0.15, 0.2) is 36.5 Å². The largest absolute Gasteiger partial charge is 0.756 e. The van der Waals surface area contributed by atoms with Crippen molar-refractivity contribution in [1.82, 2.24) is 5.32 Å². The lowest BCUT2D eigenvalue weighted by molar-refractivity contribution is -0.870. The molecule has 0 heterocycles. The molecular formula is C60H115N2O7P. The van der Waals surface area contributed by atoms with Gasteiger partial charge in [-0.2, -0.15) is 0 Å². The second-order valence-corrected chi connectivity index (χ2v) is 22.9. The third kappa shape index (κ3) is 51.1. The van der Waals surface area contributed by atoms with E-state index in [0.29, 0.717) is 17.4 Å². The first-order chi connectivity index (χ1) is 33.9. The third-order valence-electron chi connectivity index (χ3n) is 13.4. The number of unbranched alkanes of at least 4 members (excludes halogenated alkanes) is 35. The predicted octanol–water partition coefficient (Wildman–Crippen LogP) is 17.3. The number of allylic oxidation sites excluding steroid dienone is 5. The standard InChI is InChI=1S/C60H115N2O7P/c1-7-10-13-16-19-22-25-28-30-32-34-37-40-43-46-49-52-59(63)61-57(56-68-70(65,66)67-55-54-62(4,5)6)58(51-48-45-42-39-36-33-27-24-21-18-15-12-9-3)69-60(64)53-50-47-44-41-38-35-31-29-26-23-20-17-14-11-8-2/h30,32,34,37,48,51,57-58H,7-29,31,33,35-36,38-47,49-50,52-56H2,1-6H3,(H-,61,63,65,66)/b32-30+,37-34+,51-48+. The molecule has 0 rings (SSSR count). The monoisotopic (exact) mass is 1010 g/mol. The van der Waals surface area contributed by atoms with Crippen LogP contribution in [0.4, 0.5) is 0 Å². The topological polar surface area (TPSA) is 114 Å². The first-order valence-corrected chi connectivity index (χ1v) is 31.3. The van der Waals surface area contributed by atoms with Crippen molar-refractivity contribution in [3.05, 3.63) is 36.5 Å². The van der Waals surface area contributed by atoms with Crippen LogP contribution < -0.4 is 10.2 Å². The Bertz CT molecular complexity index is 1300. The minimum atomic E-state index is -4.70. The van der Waals surface area contributed by atoms with Gasteiger partial charge in [-0.15, -0.1) is 0 Å². The number of quaternary nitrogens is 1. The summed E-state index contributed by atoms with van der Waals surface area (Å²) in [7, 11) is 1.18. The van der Waals surface area contributed by atoms with Gasteiger partial charge in [0.15, 0.2) is 0 Å². The first kappa shape index (κ1) is 68.2. The molecule has 0 saturated carbocycles. The summed E-state index contributed by atoms with van der Waals surface area (Å²) >= 11 is 0. The van der Waals surface area contributed by atoms with Crippen LogP contribution in [0.5, 0.6) is 0 Å². The molecule has 3 unspecified atom stereocenters. The van der Waals surface area contributed by atoms with Crippen molar-refractivity contribution in [2.75, 3.05) is 40.9 Å². The molecule has 0 bridgehead atoms. The van der Waals surface area contributed by atoms with Crippen LogP contribution >= 0.6 is 7.82 Å². The number of phosphoric ester groups is 1. The Morgan fingerprint density at radius 1 is 0.500 bits per heavy atom. The molecule has 9 nitrogen and oxygen atoms in total. The predicted molar refractivity (Wildman–Crippen MR) is 298 cm³/mol. The number of ether oxygens (including phenoxy) is 1. The maximum absolute atomic E-state index is 13.5. The van der Waals surface area contributed by atoms with E-state index in [9.17, 15) is 19.0 Å². The molecular weight excluding hydrogens is 892 g/mol. The van der Waals surface area contributed by atoms with E-state index in [1.54, 1.807) is 0 Å². The van der Waals surface area contributed by atoms with Gasteiger partial charge in [-0.3, -0.25) is 14.2 Å². The quantitative estimate of drug-likeness (QED) is 0.0161. The fraction of sp³-hybridized carbons (Fsp3) is 0.867. The molecule has 0 aliphatic carbocycles. The summed E-state index contributed by atoms with van der Waals surface area (Å²) < 4.78 is 30.3. The number of carbonyl (C=O) groups is 2. The highest BCUT2D eigenvalue weighted by Gasteiger charge is 2.27. The number of hydrogen-bond acceptors (Lipinski definition) is 7. The molecule has 0 aliphatic heterocycles. The van der Waals surface area contributed by atoms with Gasteiger partial charge in [-0.05, 0) is 57.4 Å². The molecule has 0 radical (unpaired) electrons. The Kier molecular flexibility index (Phi) is 49.5. The Morgan fingerprint density at radius 3 is 1.27 bits per heavy atom. The molecule has 70 heavy (non-hydrogen) atoms.